The Labute approximate surface area is 134 Å². The lowest BCUT2D eigenvalue weighted by molar-refractivity contribution is -0.174. The van der Waals surface area contributed by atoms with Crippen molar-refractivity contribution in [3.05, 3.63) is 21.3 Å². The molecule has 0 radical (unpaired) electrons. The normalized spacial score (nSPS) is 12.7. The number of halogens is 4. The number of alkyl halides is 3. The summed E-state index contributed by atoms with van der Waals surface area (Å²) in [6.45, 7) is 1.49. The second-order valence-electron chi connectivity index (χ2n) is 4.37. The maximum atomic E-state index is 12.2. The van der Waals surface area contributed by atoms with Crippen LogP contribution in [0.1, 0.15) is 12.5 Å². The van der Waals surface area contributed by atoms with E-state index in [1.165, 1.54) is 21.1 Å². The summed E-state index contributed by atoms with van der Waals surface area (Å²) in [5.41, 5.74) is 0.657. The van der Waals surface area contributed by atoms with E-state index in [-0.39, 0.29) is 6.42 Å². The zero-order valence-electron chi connectivity index (χ0n) is 11.7. The molecule has 0 bridgehead atoms. The summed E-state index contributed by atoms with van der Waals surface area (Å²) in [6.07, 6.45) is -4.69. The first kappa shape index (κ1) is 17.9. The van der Waals surface area contributed by atoms with Gasteiger partial charge in [0.15, 0.2) is 0 Å². The van der Waals surface area contributed by atoms with E-state index in [2.05, 4.69) is 22.6 Å². The molecule has 0 aliphatic heterocycles. The third kappa shape index (κ3) is 4.94. The lowest BCUT2D eigenvalue weighted by Crippen LogP contribution is -2.42. The van der Waals surface area contributed by atoms with E-state index in [1.54, 1.807) is 12.1 Å². The Bertz CT molecular complexity index is 520. The highest BCUT2D eigenvalue weighted by Gasteiger charge is 2.39. The van der Waals surface area contributed by atoms with Crippen molar-refractivity contribution in [3.63, 3.8) is 0 Å². The quantitative estimate of drug-likeness (QED) is 0.750. The molecule has 1 rings (SSSR count). The molecule has 118 valence electrons. The third-order valence-corrected chi connectivity index (χ3v) is 3.56. The first-order valence-electron chi connectivity index (χ1n) is 5.97. The molecule has 0 saturated heterocycles. The molecule has 0 aromatic heterocycles. The molecular formula is C13H15F3INO3. The van der Waals surface area contributed by atoms with Gasteiger partial charge in [-0.15, -0.1) is 0 Å². The van der Waals surface area contributed by atoms with Gasteiger partial charge >= 0.3 is 12.1 Å². The molecule has 1 aromatic carbocycles. The minimum atomic E-state index is -4.89. The van der Waals surface area contributed by atoms with Gasteiger partial charge in [0, 0.05) is 6.04 Å². The summed E-state index contributed by atoms with van der Waals surface area (Å²) >= 11 is 2.07. The molecule has 1 atom stereocenters. The van der Waals surface area contributed by atoms with Crippen LogP contribution in [-0.2, 0) is 11.2 Å². The van der Waals surface area contributed by atoms with Crippen molar-refractivity contribution >= 4 is 28.5 Å². The lowest BCUT2D eigenvalue weighted by Gasteiger charge is -2.18. The average molecular weight is 417 g/mol. The molecule has 0 saturated carbocycles. The number of methoxy groups -OCH3 is 2. The molecule has 21 heavy (non-hydrogen) atoms. The van der Waals surface area contributed by atoms with Gasteiger partial charge in [-0.1, -0.05) is 0 Å². The summed E-state index contributed by atoms with van der Waals surface area (Å²) in [5.74, 6) is -0.819. The van der Waals surface area contributed by atoms with Crippen molar-refractivity contribution in [1.29, 1.82) is 0 Å². The van der Waals surface area contributed by atoms with Gasteiger partial charge in [-0.25, -0.2) is 0 Å². The van der Waals surface area contributed by atoms with Gasteiger partial charge < -0.3 is 14.8 Å². The monoisotopic (exact) mass is 417 g/mol. The number of ether oxygens (including phenoxy) is 2. The third-order valence-electron chi connectivity index (χ3n) is 2.72. The van der Waals surface area contributed by atoms with Crippen LogP contribution in [0, 0.1) is 3.57 Å². The smallest absolute Gasteiger partial charge is 0.471 e. The zero-order valence-corrected chi connectivity index (χ0v) is 13.8. The number of rotatable bonds is 5. The number of amides is 1. The van der Waals surface area contributed by atoms with Crippen LogP contribution < -0.4 is 14.8 Å². The van der Waals surface area contributed by atoms with Crippen molar-refractivity contribution in [1.82, 2.24) is 5.32 Å². The minimum absolute atomic E-state index is 0.193. The fourth-order valence-corrected chi connectivity index (χ4v) is 2.43. The number of benzene rings is 1. The molecule has 0 heterocycles. The van der Waals surface area contributed by atoms with E-state index in [1.807, 2.05) is 5.32 Å². The number of hydrogen-bond donors (Lipinski definition) is 1. The zero-order chi connectivity index (χ0) is 16.2. The van der Waals surface area contributed by atoms with Gasteiger partial charge in [-0.2, -0.15) is 13.2 Å². The van der Waals surface area contributed by atoms with E-state index >= 15 is 0 Å². The maximum absolute atomic E-state index is 12.2. The standard InChI is InChI=1S/C13H15F3INO3/c1-7(18-12(19)13(14,15)16)4-8-5-11(21-3)9(17)6-10(8)20-2/h5-7H,4H2,1-3H3,(H,18,19). The molecule has 0 spiro atoms. The molecule has 1 N–H and O–H groups in total. The maximum Gasteiger partial charge on any atom is 0.471 e. The van der Waals surface area contributed by atoms with Crippen molar-refractivity contribution in [2.45, 2.75) is 25.6 Å². The average Bonchev–Trinajstić information content (AvgIpc) is 2.38. The molecule has 1 aromatic rings. The summed E-state index contributed by atoms with van der Waals surface area (Å²) < 4.78 is 47.8. The molecule has 8 heteroatoms. The summed E-state index contributed by atoms with van der Waals surface area (Å²) in [7, 11) is 2.98. The van der Waals surface area contributed by atoms with Crippen LogP contribution in [0.25, 0.3) is 0 Å². The van der Waals surface area contributed by atoms with E-state index in [0.29, 0.717) is 17.1 Å². The second-order valence-corrected chi connectivity index (χ2v) is 5.54. The van der Waals surface area contributed by atoms with Crippen LogP contribution in [0.2, 0.25) is 0 Å². The van der Waals surface area contributed by atoms with Crippen molar-refractivity contribution in [3.8, 4) is 11.5 Å². The van der Waals surface area contributed by atoms with Crippen LogP contribution in [0.5, 0.6) is 11.5 Å². The second kappa shape index (κ2) is 7.19. The topological polar surface area (TPSA) is 47.6 Å². The van der Waals surface area contributed by atoms with Crippen molar-refractivity contribution < 1.29 is 27.4 Å². The SMILES string of the molecule is COc1cc(CC(C)NC(=O)C(F)(F)F)c(OC)cc1I. The van der Waals surface area contributed by atoms with Gasteiger partial charge in [0.05, 0.1) is 17.8 Å². The van der Waals surface area contributed by atoms with E-state index in [4.69, 9.17) is 9.47 Å². The van der Waals surface area contributed by atoms with Gasteiger partial charge in [0.1, 0.15) is 11.5 Å². The van der Waals surface area contributed by atoms with Gasteiger partial charge in [-0.05, 0) is 53.6 Å². The summed E-state index contributed by atoms with van der Waals surface area (Å²) in [5, 5.41) is 1.91. The first-order valence-corrected chi connectivity index (χ1v) is 7.05. The van der Waals surface area contributed by atoms with Gasteiger partial charge in [-0.3, -0.25) is 4.79 Å². The summed E-state index contributed by atoms with van der Waals surface area (Å²) in [4.78, 5) is 10.9. The summed E-state index contributed by atoms with van der Waals surface area (Å²) in [6, 6.07) is 2.72. The number of carbonyl (C=O) groups is 1. The van der Waals surface area contributed by atoms with Crippen LogP contribution in [-0.4, -0.2) is 32.3 Å². The van der Waals surface area contributed by atoms with Crippen LogP contribution in [0.15, 0.2) is 12.1 Å². The van der Waals surface area contributed by atoms with Crippen LogP contribution >= 0.6 is 22.6 Å². The van der Waals surface area contributed by atoms with Gasteiger partial charge in [0.25, 0.3) is 0 Å². The predicted octanol–water partition coefficient (Wildman–Crippen LogP) is 2.92. The van der Waals surface area contributed by atoms with E-state index in [9.17, 15) is 18.0 Å². The molecule has 0 fully saturated rings. The molecule has 1 unspecified atom stereocenters. The van der Waals surface area contributed by atoms with E-state index in [0.717, 1.165) is 3.57 Å². The predicted molar refractivity (Wildman–Crippen MR) is 79.6 cm³/mol. The lowest BCUT2D eigenvalue weighted by atomic mass is 10.1. The highest BCUT2D eigenvalue weighted by molar-refractivity contribution is 14.1. The minimum Gasteiger partial charge on any atom is -0.496 e. The Morgan fingerprint density at radius 1 is 1.29 bits per heavy atom. The number of hydrogen-bond acceptors (Lipinski definition) is 3. The molecule has 4 nitrogen and oxygen atoms in total. The number of carbonyl (C=O) groups excluding carboxylic acids is 1. The number of nitrogens with one attached hydrogen (secondary N) is 1. The Hall–Kier alpha value is -1.19. The molecule has 1 amide bonds. The fraction of sp³-hybridized carbons (Fsp3) is 0.462. The first-order chi connectivity index (χ1) is 9.68. The Morgan fingerprint density at radius 2 is 1.86 bits per heavy atom. The Morgan fingerprint density at radius 3 is 2.33 bits per heavy atom. The van der Waals surface area contributed by atoms with E-state index < -0.39 is 18.1 Å². The van der Waals surface area contributed by atoms with Crippen molar-refractivity contribution in [2.75, 3.05) is 14.2 Å². The molecule has 0 aliphatic carbocycles. The largest absolute Gasteiger partial charge is 0.496 e. The Kier molecular flexibility index (Phi) is 6.11. The Balaban J connectivity index is 2.89. The highest BCUT2D eigenvalue weighted by Crippen LogP contribution is 2.30. The molecular weight excluding hydrogens is 402 g/mol. The highest BCUT2D eigenvalue weighted by atomic mass is 127. The van der Waals surface area contributed by atoms with Gasteiger partial charge in [0.2, 0.25) is 0 Å². The fourth-order valence-electron chi connectivity index (χ4n) is 1.77. The molecule has 0 aliphatic rings. The van der Waals surface area contributed by atoms with Crippen LogP contribution in [0.3, 0.4) is 0 Å². The van der Waals surface area contributed by atoms with Crippen molar-refractivity contribution in [2.24, 2.45) is 0 Å². The van der Waals surface area contributed by atoms with Crippen LogP contribution in [0.4, 0.5) is 13.2 Å².